The van der Waals surface area contributed by atoms with Crippen molar-refractivity contribution in [1.29, 1.82) is 0 Å². The smallest absolute Gasteiger partial charge is 0.252 e. The lowest BCUT2D eigenvalue weighted by Crippen LogP contribution is -2.53. The van der Waals surface area contributed by atoms with Crippen LogP contribution in [0.25, 0.3) is 0 Å². The Labute approximate surface area is 188 Å². The van der Waals surface area contributed by atoms with Crippen LogP contribution in [-0.2, 0) is 4.79 Å². The van der Waals surface area contributed by atoms with Gasteiger partial charge in [-0.25, -0.2) is 0 Å². The molecule has 172 valence electrons. The highest BCUT2D eigenvalue weighted by atomic mass is 16.2. The second-order valence-corrected chi connectivity index (χ2v) is 10.2. The Hall–Kier alpha value is -1.88. The molecule has 2 aliphatic rings. The van der Waals surface area contributed by atoms with Gasteiger partial charge in [-0.05, 0) is 81.5 Å². The van der Waals surface area contributed by atoms with E-state index in [4.69, 9.17) is 0 Å². The Bertz CT molecular complexity index is 740. The van der Waals surface area contributed by atoms with E-state index in [-0.39, 0.29) is 11.8 Å². The summed E-state index contributed by atoms with van der Waals surface area (Å²) in [5.74, 6) is 1.66. The van der Waals surface area contributed by atoms with E-state index in [0.717, 1.165) is 37.5 Å². The molecule has 5 nitrogen and oxygen atoms in total. The van der Waals surface area contributed by atoms with E-state index in [9.17, 15) is 9.59 Å². The first-order valence-electron chi connectivity index (χ1n) is 12.2. The maximum atomic E-state index is 13.5. The van der Waals surface area contributed by atoms with Crippen molar-refractivity contribution in [2.24, 2.45) is 17.8 Å². The fourth-order valence-corrected chi connectivity index (χ4v) is 5.00. The molecule has 0 saturated carbocycles. The maximum absolute atomic E-state index is 13.5. The number of nitrogens with one attached hydrogen (secondary N) is 1. The normalized spacial score (nSPS) is 21.8. The van der Waals surface area contributed by atoms with E-state index < -0.39 is 6.04 Å². The summed E-state index contributed by atoms with van der Waals surface area (Å²) in [6, 6.07) is 7.11. The Morgan fingerprint density at radius 2 is 1.81 bits per heavy atom. The summed E-state index contributed by atoms with van der Waals surface area (Å²) in [4.78, 5) is 31.0. The zero-order valence-electron chi connectivity index (χ0n) is 19.9. The summed E-state index contributed by atoms with van der Waals surface area (Å²) < 4.78 is 0. The average Bonchev–Trinajstić information content (AvgIpc) is 2.74. The Morgan fingerprint density at radius 3 is 2.48 bits per heavy atom. The molecule has 0 aromatic heterocycles. The predicted octanol–water partition coefficient (Wildman–Crippen LogP) is 4.11. The van der Waals surface area contributed by atoms with Crippen LogP contribution in [0.4, 0.5) is 0 Å². The molecule has 0 spiro atoms. The molecular formula is C26H41N3O2. The summed E-state index contributed by atoms with van der Waals surface area (Å²) in [5.41, 5.74) is 1.59. The molecule has 1 aromatic rings. The van der Waals surface area contributed by atoms with Gasteiger partial charge in [0.15, 0.2) is 0 Å². The zero-order valence-corrected chi connectivity index (χ0v) is 19.9. The molecule has 0 bridgehead atoms. The molecule has 2 aliphatic heterocycles. The lowest BCUT2D eigenvalue weighted by atomic mass is 9.93. The second kappa shape index (κ2) is 11.1. The second-order valence-electron chi connectivity index (χ2n) is 10.2. The van der Waals surface area contributed by atoms with Crippen LogP contribution in [-0.4, -0.2) is 60.4 Å². The Kier molecular flexibility index (Phi) is 8.53. The minimum Gasteiger partial charge on any atom is -0.341 e. The van der Waals surface area contributed by atoms with Crippen molar-refractivity contribution in [3.63, 3.8) is 0 Å². The Balaban J connectivity index is 1.62. The Morgan fingerprint density at radius 1 is 1.10 bits per heavy atom. The number of amides is 2. The van der Waals surface area contributed by atoms with E-state index in [2.05, 4.69) is 31.0 Å². The highest BCUT2D eigenvalue weighted by Crippen LogP contribution is 2.23. The summed E-state index contributed by atoms with van der Waals surface area (Å²) in [7, 11) is 0. The minimum atomic E-state index is -0.457. The number of carbonyl (C=O) groups is 2. The SMILES string of the molecule is Cc1ccccc1C(=O)NC(CC(C)C)C(=O)N1CCCC(CN2CCC(C)CC2)C1. The van der Waals surface area contributed by atoms with Crippen LogP contribution in [0.1, 0.15) is 68.8 Å². The van der Waals surface area contributed by atoms with E-state index in [1.54, 1.807) is 0 Å². The van der Waals surface area contributed by atoms with Crippen molar-refractivity contribution < 1.29 is 9.59 Å². The lowest BCUT2D eigenvalue weighted by Gasteiger charge is -2.39. The molecular weight excluding hydrogens is 386 g/mol. The highest BCUT2D eigenvalue weighted by Gasteiger charge is 2.31. The number of rotatable bonds is 7. The molecule has 2 heterocycles. The standard InChI is InChI=1S/C26H41N3O2/c1-19(2)16-24(27-25(30)23-10-6-5-8-21(23)4)26(31)29-13-7-9-22(18-29)17-28-14-11-20(3)12-15-28/h5-6,8,10,19-20,22,24H,7,9,11-18H2,1-4H3,(H,27,30). The third-order valence-electron chi connectivity index (χ3n) is 6.92. The third-order valence-corrected chi connectivity index (χ3v) is 6.92. The number of aryl methyl sites for hydroxylation is 1. The molecule has 31 heavy (non-hydrogen) atoms. The number of hydrogen-bond donors (Lipinski definition) is 1. The first-order chi connectivity index (χ1) is 14.8. The molecule has 2 fully saturated rings. The van der Waals surface area contributed by atoms with Crippen LogP contribution in [0.2, 0.25) is 0 Å². The average molecular weight is 428 g/mol. The molecule has 0 radical (unpaired) electrons. The van der Waals surface area contributed by atoms with Crippen LogP contribution in [0.5, 0.6) is 0 Å². The summed E-state index contributed by atoms with van der Waals surface area (Å²) in [5, 5.41) is 3.06. The van der Waals surface area contributed by atoms with E-state index in [1.165, 1.54) is 32.4 Å². The monoisotopic (exact) mass is 427 g/mol. The van der Waals surface area contributed by atoms with Gasteiger partial charge >= 0.3 is 0 Å². The quantitative estimate of drug-likeness (QED) is 0.712. The molecule has 1 aromatic carbocycles. The van der Waals surface area contributed by atoms with Gasteiger partial charge in [0.1, 0.15) is 6.04 Å². The molecule has 1 N–H and O–H groups in total. The van der Waals surface area contributed by atoms with Crippen molar-refractivity contribution in [3.05, 3.63) is 35.4 Å². The fraction of sp³-hybridized carbons (Fsp3) is 0.692. The highest BCUT2D eigenvalue weighted by molar-refractivity contribution is 5.98. The molecule has 2 saturated heterocycles. The van der Waals surface area contributed by atoms with Crippen molar-refractivity contribution >= 4 is 11.8 Å². The zero-order chi connectivity index (χ0) is 22.4. The molecule has 2 amide bonds. The molecule has 2 unspecified atom stereocenters. The number of carbonyl (C=O) groups excluding carboxylic acids is 2. The van der Waals surface area contributed by atoms with Crippen LogP contribution in [0, 0.1) is 24.7 Å². The van der Waals surface area contributed by atoms with Gasteiger partial charge in [-0.15, -0.1) is 0 Å². The topological polar surface area (TPSA) is 52.7 Å². The third kappa shape index (κ3) is 6.80. The van der Waals surface area contributed by atoms with Crippen molar-refractivity contribution in [1.82, 2.24) is 15.1 Å². The first-order valence-corrected chi connectivity index (χ1v) is 12.2. The maximum Gasteiger partial charge on any atom is 0.252 e. The number of hydrogen-bond acceptors (Lipinski definition) is 3. The van der Waals surface area contributed by atoms with Gasteiger partial charge in [0.25, 0.3) is 5.91 Å². The van der Waals surface area contributed by atoms with Gasteiger partial charge in [-0.1, -0.05) is 39.0 Å². The number of nitrogens with zero attached hydrogens (tertiary/aromatic N) is 2. The predicted molar refractivity (Wildman–Crippen MR) is 126 cm³/mol. The van der Waals surface area contributed by atoms with Crippen LogP contribution >= 0.6 is 0 Å². The summed E-state index contributed by atoms with van der Waals surface area (Å²) in [6.45, 7) is 13.6. The van der Waals surface area contributed by atoms with Crippen LogP contribution < -0.4 is 5.32 Å². The lowest BCUT2D eigenvalue weighted by molar-refractivity contribution is -0.135. The van der Waals surface area contributed by atoms with Gasteiger partial charge in [-0.2, -0.15) is 0 Å². The molecule has 2 atom stereocenters. The molecule has 0 aliphatic carbocycles. The van der Waals surface area contributed by atoms with Crippen molar-refractivity contribution in [2.75, 3.05) is 32.7 Å². The van der Waals surface area contributed by atoms with Crippen LogP contribution in [0.3, 0.4) is 0 Å². The van der Waals surface area contributed by atoms with Gasteiger partial charge < -0.3 is 15.1 Å². The van der Waals surface area contributed by atoms with E-state index in [0.29, 0.717) is 23.8 Å². The largest absolute Gasteiger partial charge is 0.341 e. The van der Waals surface area contributed by atoms with Gasteiger partial charge in [0.2, 0.25) is 5.91 Å². The summed E-state index contributed by atoms with van der Waals surface area (Å²) in [6.07, 6.45) is 5.50. The molecule has 5 heteroatoms. The number of benzene rings is 1. The van der Waals surface area contributed by atoms with Gasteiger partial charge in [0, 0.05) is 25.2 Å². The van der Waals surface area contributed by atoms with Gasteiger partial charge in [0.05, 0.1) is 0 Å². The first kappa shape index (κ1) is 23.8. The van der Waals surface area contributed by atoms with E-state index >= 15 is 0 Å². The fourth-order valence-electron chi connectivity index (χ4n) is 5.00. The van der Waals surface area contributed by atoms with Crippen LogP contribution in [0.15, 0.2) is 24.3 Å². The minimum absolute atomic E-state index is 0.0904. The van der Waals surface area contributed by atoms with E-state index in [1.807, 2.05) is 36.1 Å². The molecule has 3 rings (SSSR count). The number of likely N-dealkylation sites (tertiary alicyclic amines) is 2. The van der Waals surface area contributed by atoms with Gasteiger partial charge in [-0.3, -0.25) is 9.59 Å². The van der Waals surface area contributed by atoms with Crippen molar-refractivity contribution in [2.45, 2.75) is 65.8 Å². The number of piperidine rings is 2. The summed E-state index contributed by atoms with van der Waals surface area (Å²) >= 11 is 0. The van der Waals surface area contributed by atoms with Crippen molar-refractivity contribution in [3.8, 4) is 0 Å².